The second kappa shape index (κ2) is 4.39. The Labute approximate surface area is 91.1 Å². The first kappa shape index (κ1) is 12.9. The fourth-order valence-corrected chi connectivity index (χ4v) is 1.28. The van der Waals surface area contributed by atoms with Crippen LogP contribution in [-0.2, 0) is 12.6 Å². The van der Waals surface area contributed by atoms with Gasteiger partial charge in [-0.25, -0.2) is 0 Å². The Kier molecular flexibility index (Phi) is 3.54. The Hall–Kier alpha value is -1.14. The van der Waals surface area contributed by atoms with Crippen molar-refractivity contribution in [3.05, 3.63) is 29.6 Å². The highest BCUT2D eigenvalue weighted by Gasteiger charge is 2.35. The summed E-state index contributed by atoms with van der Waals surface area (Å²) in [6, 6.07) is 2.18. The Morgan fingerprint density at radius 3 is 2.56 bits per heavy atom. The van der Waals surface area contributed by atoms with Gasteiger partial charge in [-0.1, -0.05) is 0 Å². The number of hydrogen-bond donors (Lipinski definition) is 2. The van der Waals surface area contributed by atoms with E-state index in [1.54, 1.807) is 0 Å². The zero-order valence-corrected chi connectivity index (χ0v) is 8.75. The second-order valence-electron chi connectivity index (χ2n) is 3.98. The molecule has 3 nitrogen and oxygen atoms in total. The smallest absolute Gasteiger partial charge is 0.394 e. The van der Waals surface area contributed by atoms with Gasteiger partial charge < -0.3 is 10.8 Å². The van der Waals surface area contributed by atoms with Crippen LogP contribution in [0.25, 0.3) is 0 Å². The van der Waals surface area contributed by atoms with Gasteiger partial charge >= 0.3 is 6.18 Å². The van der Waals surface area contributed by atoms with Crippen LogP contribution in [0, 0.1) is 0 Å². The number of nitrogens with zero attached hydrogens (tertiary/aromatic N) is 1. The van der Waals surface area contributed by atoms with E-state index in [4.69, 9.17) is 10.8 Å². The van der Waals surface area contributed by atoms with Gasteiger partial charge in [0, 0.05) is 18.2 Å². The molecule has 0 saturated carbocycles. The summed E-state index contributed by atoms with van der Waals surface area (Å²) in [6.45, 7) is 1.07. The molecule has 1 unspecified atom stereocenters. The SMILES string of the molecule is CC(N)(CO)Cc1ncccc1C(F)(F)F. The number of alkyl halides is 3. The molecular weight excluding hydrogens is 221 g/mol. The molecular formula is C10H13F3N2O. The van der Waals surface area contributed by atoms with E-state index in [1.165, 1.54) is 19.2 Å². The zero-order chi connectivity index (χ0) is 12.4. The lowest BCUT2D eigenvalue weighted by Gasteiger charge is -2.22. The highest BCUT2D eigenvalue weighted by molar-refractivity contribution is 5.24. The van der Waals surface area contributed by atoms with E-state index in [9.17, 15) is 13.2 Å². The molecule has 0 saturated heterocycles. The predicted octanol–water partition coefficient (Wildman–Crippen LogP) is 1.35. The van der Waals surface area contributed by atoms with Crippen LogP contribution < -0.4 is 5.73 Å². The Balaban J connectivity index is 3.06. The van der Waals surface area contributed by atoms with Crippen LogP contribution in [0.1, 0.15) is 18.2 Å². The first-order chi connectivity index (χ1) is 7.26. The third kappa shape index (κ3) is 3.18. The summed E-state index contributed by atoms with van der Waals surface area (Å²) in [4.78, 5) is 3.67. The summed E-state index contributed by atoms with van der Waals surface area (Å²) in [5.41, 5.74) is 3.55. The zero-order valence-electron chi connectivity index (χ0n) is 8.75. The number of nitrogens with two attached hydrogens (primary N) is 1. The summed E-state index contributed by atoms with van der Waals surface area (Å²) in [5, 5.41) is 8.92. The van der Waals surface area contributed by atoms with Crippen LogP contribution >= 0.6 is 0 Å². The summed E-state index contributed by atoms with van der Waals surface area (Å²) >= 11 is 0. The molecule has 0 aliphatic rings. The minimum atomic E-state index is -4.45. The number of halogens is 3. The van der Waals surface area contributed by atoms with Crippen molar-refractivity contribution in [1.29, 1.82) is 0 Å². The predicted molar refractivity (Wildman–Crippen MR) is 52.6 cm³/mol. The minimum absolute atomic E-state index is 0.126. The summed E-state index contributed by atoms with van der Waals surface area (Å²) in [7, 11) is 0. The molecule has 0 aromatic carbocycles. The van der Waals surface area contributed by atoms with Gasteiger partial charge in [-0.2, -0.15) is 13.2 Å². The van der Waals surface area contributed by atoms with Gasteiger partial charge in [0.1, 0.15) is 0 Å². The van der Waals surface area contributed by atoms with E-state index in [2.05, 4.69) is 4.98 Å². The van der Waals surface area contributed by atoms with E-state index in [1.807, 2.05) is 0 Å². The third-order valence-corrected chi connectivity index (χ3v) is 2.13. The van der Waals surface area contributed by atoms with Crippen molar-refractivity contribution < 1.29 is 18.3 Å². The maximum atomic E-state index is 12.6. The molecule has 16 heavy (non-hydrogen) atoms. The lowest BCUT2D eigenvalue weighted by Crippen LogP contribution is -2.43. The Morgan fingerprint density at radius 1 is 1.44 bits per heavy atom. The minimum Gasteiger partial charge on any atom is -0.394 e. The molecule has 1 aromatic rings. The van der Waals surface area contributed by atoms with Gasteiger partial charge in [-0.05, 0) is 19.1 Å². The molecule has 0 spiro atoms. The average molecular weight is 234 g/mol. The van der Waals surface area contributed by atoms with Crippen molar-refractivity contribution >= 4 is 0 Å². The first-order valence-corrected chi connectivity index (χ1v) is 4.67. The second-order valence-corrected chi connectivity index (χ2v) is 3.98. The summed E-state index contributed by atoms with van der Waals surface area (Å²) in [6.07, 6.45) is -3.30. The van der Waals surface area contributed by atoms with Crippen LogP contribution in [0.15, 0.2) is 18.3 Å². The van der Waals surface area contributed by atoms with Crippen LogP contribution in [0.2, 0.25) is 0 Å². The van der Waals surface area contributed by atoms with E-state index in [0.717, 1.165) is 6.07 Å². The lowest BCUT2D eigenvalue weighted by molar-refractivity contribution is -0.138. The van der Waals surface area contributed by atoms with Gasteiger partial charge in [-0.3, -0.25) is 4.98 Å². The average Bonchev–Trinajstić information content (AvgIpc) is 2.16. The summed E-state index contributed by atoms with van der Waals surface area (Å²) in [5.74, 6) is 0. The van der Waals surface area contributed by atoms with Crippen molar-refractivity contribution in [1.82, 2.24) is 4.98 Å². The van der Waals surface area contributed by atoms with E-state index < -0.39 is 23.9 Å². The van der Waals surface area contributed by atoms with Gasteiger partial charge in [0.15, 0.2) is 0 Å². The molecule has 0 radical (unpaired) electrons. The molecule has 0 aliphatic heterocycles. The molecule has 1 aromatic heterocycles. The standard InChI is InChI=1S/C10H13F3N2O/c1-9(14,6-16)5-8-7(10(11,12)13)3-2-4-15-8/h2-4,16H,5-6,14H2,1H3. The van der Waals surface area contributed by atoms with Crippen LogP contribution in [0.4, 0.5) is 13.2 Å². The van der Waals surface area contributed by atoms with Crippen molar-refractivity contribution in [3.63, 3.8) is 0 Å². The number of aliphatic hydroxyl groups is 1. The number of rotatable bonds is 3. The Morgan fingerprint density at radius 2 is 2.06 bits per heavy atom. The van der Waals surface area contributed by atoms with Crippen LogP contribution in [-0.4, -0.2) is 22.2 Å². The van der Waals surface area contributed by atoms with Crippen molar-refractivity contribution in [2.45, 2.75) is 25.1 Å². The van der Waals surface area contributed by atoms with Gasteiger partial charge in [0.2, 0.25) is 0 Å². The lowest BCUT2D eigenvalue weighted by atomic mass is 9.95. The summed E-state index contributed by atoms with van der Waals surface area (Å²) < 4.78 is 37.8. The molecule has 1 rings (SSSR count). The van der Waals surface area contributed by atoms with E-state index in [0.29, 0.717) is 0 Å². The monoisotopic (exact) mass is 234 g/mol. The number of hydrogen-bond acceptors (Lipinski definition) is 3. The molecule has 0 aliphatic carbocycles. The molecule has 0 bridgehead atoms. The van der Waals surface area contributed by atoms with Crippen molar-refractivity contribution in [2.24, 2.45) is 5.73 Å². The fourth-order valence-electron chi connectivity index (χ4n) is 1.28. The normalized spacial score (nSPS) is 15.9. The van der Waals surface area contributed by atoms with Gasteiger partial charge in [0.25, 0.3) is 0 Å². The van der Waals surface area contributed by atoms with Crippen molar-refractivity contribution in [2.75, 3.05) is 6.61 Å². The highest BCUT2D eigenvalue weighted by Crippen LogP contribution is 2.31. The molecule has 0 amide bonds. The molecule has 1 atom stereocenters. The van der Waals surface area contributed by atoms with E-state index >= 15 is 0 Å². The third-order valence-electron chi connectivity index (χ3n) is 2.13. The molecule has 0 fully saturated rings. The quantitative estimate of drug-likeness (QED) is 0.830. The molecule has 1 heterocycles. The Bertz CT molecular complexity index is 363. The van der Waals surface area contributed by atoms with E-state index in [-0.39, 0.29) is 12.1 Å². The van der Waals surface area contributed by atoms with Gasteiger partial charge in [0.05, 0.1) is 17.9 Å². The molecule has 90 valence electrons. The number of aromatic nitrogens is 1. The number of pyridine rings is 1. The molecule has 3 N–H and O–H groups in total. The van der Waals surface area contributed by atoms with Crippen molar-refractivity contribution in [3.8, 4) is 0 Å². The largest absolute Gasteiger partial charge is 0.418 e. The maximum Gasteiger partial charge on any atom is 0.418 e. The fraction of sp³-hybridized carbons (Fsp3) is 0.500. The van der Waals surface area contributed by atoms with Crippen LogP contribution in [0.5, 0.6) is 0 Å². The van der Waals surface area contributed by atoms with Crippen LogP contribution in [0.3, 0.4) is 0 Å². The highest BCUT2D eigenvalue weighted by atomic mass is 19.4. The number of aliphatic hydroxyl groups excluding tert-OH is 1. The molecule has 6 heteroatoms. The maximum absolute atomic E-state index is 12.6. The topological polar surface area (TPSA) is 59.1 Å². The first-order valence-electron chi connectivity index (χ1n) is 4.67. The van der Waals surface area contributed by atoms with Gasteiger partial charge in [-0.15, -0.1) is 0 Å².